The summed E-state index contributed by atoms with van der Waals surface area (Å²) in [5, 5.41) is 0. The van der Waals surface area contributed by atoms with Crippen molar-refractivity contribution >= 4 is 0 Å². The van der Waals surface area contributed by atoms with Gasteiger partial charge in [-0.2, -0.15) is 0 Å². The average Bonchev–Trinajstić information content (AvgIpc) is 2.52. The Bertz CT molecular complexity index is 253. The highest BCUT2D eigenvalue weighted by Crippen LogP contribution is 2.45. The van der Waals surface area contributed by atoms with Gasteiger partial charge in [-0.3, -0.25) is 0 Å². The molecule has 0 rings (SSSR count). The van der Waals surface area contributed by atoms with Gasteiger partial charge in [0.05, 0.1) is 5.41 Å². The Morgan fingerprint density at radius 1 is 0.762 bits per heavy atom. The standard InChI is InChI=1S/C18H36O3/c1-7-10-11-12-13-14-16-17(9-3,15-8-2)18(19-4,20-5)21-6/h9H,3,7-8,10-16H2,1-2,4-6H3. The summed E-state index contributed by atoms with van der Waals surface area (Å²) in [5.41, 5.74) is -0.301. The van der Waals surface area contributed by atoms with Crippen LogP contribution in [0, 0.1) is 5.41 Å². The lowest BCUT2D eigenvalue weighted by atomic mass is 9.76. The van der Waals surface area contributed by atoms with E-state index < -0.39 is 5.97 Å². The van der Waals surface area contributed by atoms with Gasteiger partial charge in [0.2, 0.25) is 0 Å². The van der Waals surface area contributed by atoms with Crippen LogP contribution in [0.2, 0.25) is 0 Å². The highest BCUT2D eigenvalue weighted by molar-refractivity contribution is 5.01. The fourth-order valence-electron chi connectivity index (χ4n) is 3.29. The maximum atomic E-state index is 5.63. The van der Waals surface area contributed by atoms with E-state index in [1.165, 1.54) is 32.1 Å². The van der Waals surface area contributed by atoms with E-state index >= 15 is 0 Å². The van der Waals surface area contributed by atoms with Crippen LogP contribution in [0.4, 0.5) is 0 Å². The van der Waals surface area contributed by atoms with Crippen LogP contribution in [0.15, 0.2) is 12.7 Å². The highest BCUT2D eigenvalue weighted by Gasteiger charge is 2.50. The Morgan fingerprint density at radius 3 is 1.71 bits per heavy atom. The zero-order valence-corrected chi connectivity index (χ0v) is 14.9. The molecule has 0 spiro atoms. The maximum Gasteiger partial charge on any atom is 0.291 e. The van der Waals surface area contributed by atoms with Crippen molar-refractivity contribution < 1.29 is 14.2 Å². The number of rotatable bonds is 14. The summed E-state index contributed by atoms with van der Waals surface area (Å²) in [6.45, 7) is 8.47. The van der Waals surface area contributed by atoms with Crippen LogP contribution in [0.3, 0.4) is 0 Å². The molecule has 0 aromatic heterocycles. The van der Waals surface area contributed by atoms with Gasteiger partial charge in [-0.25, -0.2) is 0 Å². The lowest BCUT2D eigenvalue weighted by Crippen LogP contribution is -2.52. The summed E-state index contributed by atoms with van der Waals surface area (Å²) in [7, 11) is 4.92. The lowest BCUT2D eigenvalue weighted by Gasteiger charge is -2.45. The molecule has 0 heterocycles. The van der Waals surface area contributed by atoms with E-state index in [1.54, 1.807) is 21.3 Å². The van der Waals surface area contributed by atoms with Crippen LogP contribution in [-0.2, 0) is 14.2 Å². The molecule has 1 atom stereocenters. The number of unbranched alkanes of at least 4 members (excludes halogenated alkanes) is 5. The molecule has 0 aliphatic heterocycles. The van der Waals surface area contributed by atoms with Gasteiger partial charge < -0.3 is 14.2 Å². The van der Waals surface area contributed by atoms with Crippen molar-refractivity contribution in [2.75, 3.05) is 21.3 Å². The quantitative estimate of drug-likeness (QED) is 0.247. The molecule has 126 valence electrons. The summed E-state index contributed by atoms with van der Waals surface area (Å²) in [5.74, 6) is -1.03. The zero-order chi connectivity index (χ0) is 16.2. The second kappa shape index (κ2) is 11.2. The SMILES string of the molecule is C=CC(CCC)(CCCCCCCC)C(OC)(OC)OC. The fraction of sp³-hybridized carbons (Fsp3) is 0.889. The van der Waals surface area contributed by atoms with Crippen molar-refractivity contribution in [2.45, 2.75) is 77.6 Å². The monoisotopic (exact) mass is 300 g/mol. The van der Waals surface area contributed by atoms with Gasteiger partial charge in [0.25, 0.3) is 5.97 Å². The molecule has 0 amide bonds. The largest absolute Gasteiger partial charge is 0.330 e. The number of ether oxygens (including phenoxy) is 3. The third-order valence-corrected chi connectivity index (χ3v) is 4.48. The smallest absolute Gasteiger partial charge is 0.291 e. The van der Waals surface area contributed by atoms with E-state index in [-0.39, 0.29) is 5.41 Å². The van der Waals surface area contributed by atoms with E-state index in [0.29, 0.717) is 0 Å². The molecule has 0 bridgehead atoms. The minimum absolute atomic E-state index is 0.301. The van der Waals surface area contributed by atoms with Gasteiger partial charge in [-0.1, -0.05) is 64.9 Å². The second-order valence-electron chi connectivity index (χ2n) is 5.80. The summed E-state index contributed by atoms with van der Waals surface area (Å²) < 4.78 is 16.9. The highest BCUT2D eigenvalue weighted by atomic mass is 16.9. The minimum atomic E-state index is -1.03. The zero-order valence-electron chi connectivity index (χ0n) is 14.9. The lowest BCUT2D eigenvalue weighted by molar-refractivity contribution is -0.399. The number of hydrogen-bond acceptors (Lipinski definition) is 3. The van der Waals surface area contributed by atoms with Crippen LogP contribution >= 0.6 is 0 Å². The minimum Gasteiger partial charge on any atom is -0.330 e. The third-order valence-electron chi connectivity index (χ3n) is 4.48. The molecule has 0 saturated heterocycles. The fourth-order valence-corrected chi connectivity index (χ4v) is 3.29. The molecule has 0 aliphatic rings. The summed E-state index contributed by atoms with van der Waals surface area (Å²) >= 11 is 0. The number of hydrogen-bond donors (Lipinski definition) is 0. The Hall–Kier alpha value is -0.380. The van der Waals surface area contributed by atoms with E-state index in [9.17, 15) is 0 Å². The molecule has 0 aliphatic carbocycles. The van der Waals surface area contributed by atoms with Crippen molar-refractivity contribution in [3.05, 3.63) is 12.7 Å². The van der Waals surface area contributed by atoms with Crippen LogP contribution in [0.25, 0.3) is 0 Å². The van der Waals surface area contributed by atoms with Crippen LogP contribution < -0.4 is 0 Å². The first kappa shape index (κ1) is 20.6. The van der Waals surface area contributed by atoms with Crippen molar-refractivity contribution in [1.82, 2.24) is 0 Å². The Morgan fingerprint density at radius 2 is 1.29 bits per heavy atom. The average molecular weight is 300 g/mol. The molecule has 0 saturated carbocycles. The molecular weight excluding hydrogens is 264 g/mol. The van der Waals surface area contributed by atoms with Crippen LogP contribution in [0.5, 0.6) is 0 Å². The van der Waals surface area contributed by atoms with Crippen molar-refractivity contribution in [2.24, 2.45) is 5.41 Å². The van der Waals surface area contributed by atoms with Gasteiger partial charge in [0, 0.05) is 21.3 Å². The number of methoxy groups -OCH3 is 3. The van der Waals surface area contributed by atoms with Crippen molar-refractivity contribution in [3.63, 3.8) is 0 Å². The molecule has 3 heteroatoms. The first-order chi connectivity index (χ1) is 10.1. The molecule has 0 radical (unpaired) electrons. The van der Waals surface area contributed by atoms with Gasteiger partial charge >= 0.3 is 0 Å². The van der Waals surface area contributed by atoms with Gasteiger partial charge in [-0.15, -0.1) is 6.58 Å². The van der Waals surface area contributed by atoms with Crippen LogP contribution in [0.1, 0.15) is 71.6 Å². The van der Waals surface area contributed by atoms with Gasteiger partial charge in [0.1, 0.15) is 0 Å². The van der Waals surface area contributed by atoms with Gasteiger partial charge in [-0.05, 0) is 12.8 Å². The summed E-state index contributed by atoms with van der Waals surface area (Å²) in [6, 6.07) is 0. The maximum absolute atomic E-state index is 5.63. The van der Waals surface area contributed by atoms with Crippen LogP contribution in [-0.4, -0.2) is 27.3 Å². The molecule has 0 N–H and O–H groups in total. The topological polar surface area (TPSA) is 27.7 Å². The molecule has 0 fully saturated rings. The predicted molar refractivity (Wildman–Crippen MR) is 89.3 cm³/mol. The molecule has 3 nitrogen and oxygen atoms in total. The van der Waals surface area contributed by atoms with E-state index in [2.05, 4.69) is 20.4 Å². The predicted octanol–water partition coefficient (Wildman–Crippen LogP) is 5.30. The molecule has 0 aromatic rings. The van der Waals surface area contributed by atoms with E-state index in [0.717, 1.165) is 25.7 Å². The van der Waals surface area contributed by atoms with Crippen molar-refractivity contribution in [1.29, 1.82) is 0 Å². The van der Waals surface area contributed by atoms with E-state index in [1.807, 2.05) is 6.08 Å². The normalized spacial score (nSPS) is 14.9. The Labute approximate surface area is 132 Å². The molecule has 1 unspecified atom stereocenters. The Kier molecular flexibility index (Phi) is 11.0. The van der Waals surface area contributed by atoms with E-state index in [4.69, 9.17) is 14.2 Å². The van der Waals surface area contributed by atoms with Crippen molar-refractivity contribution in [3.8, 4) is 0 Å². The molecular formula is C18H36O3. The summed E-state index contributed by atoms with van der Waals surface area (Å²) in [4.78, 5) is 0. The summed E-state index contributed by atoms with van der Waals surface area (Å²) in [6.07, 6.45) is 12.6. The molecule has 21 heavy (non-hydrogen) atoms. The first-order valence-electron chi connectivity index (χ1n) is 8.41. The second-order valence-corrected chi connectivity index (χ2v) is 5.80. The first-order valence-corrected chi connectivity index (χ1v) is 8.41. The molecule has 0 aromatic carbocycles. The third kappa shape index (κ3) is 5.39. The Balaban J connectivity index is 4.79. The van der Waals surface area contributed by atoms with Gasteiger partial charge in [0.15, 0.2) is 0 Å².